The van der Waals surface area contributed by atoms with Gasteiger partial charge >= 0.3 is 0 Å². The van der Waals surface area contributed by atoms with Crippen LogP contribution in [-0.4, -0.2) is 42.5 Å². The Labute approximate surface area is 180 Å². The number of nitrogens with zero attached hydrogens (tertiary/aromatic N) is 5. The lowest BCUT2D eigenvalue weighted by Crippen LogP contribution is -2.15. The van der Waals surface area contributed by atoms with E-state index in [1.165, 1.54) is 23.1 Å². The molecule has 0 unspecified atom stereocenters. The monoisotopic (exact) mass is 451 g/mol. The third-order valence-electron chi connectivity index (χ3n) is 3.75. The van der Waals surface area contributed by atoms with E-state index in [1.54, 1.807) is 35.9 Å². The number of halogens is 1. The van der Waals surface area contributed by atoms with Crippen LogP contribution in [0.15, 0.2) is 29.4 Å². The number of hydrogen-bond donors (Lipinski definition) is 2. The van der Waals surface area contributed by atoms with Crippen molar-refractivity contribution in [1.29, 1.82) is 0 Å². The van der Waals surface area contributed by atoms with Crippen LogP contribution in [0, 0.1) is 6.92 Å². The van der Waals surface area contributed by atoms with Crippen molar-refractivity contribution in [2.45, 2.75) is 24.9 Å². The van der Waals surface area contributed by atoms with Gasteiger partial charge in [0.1, 0.15) is 10.8 Å². The van der Waals surface area contributed by atoms with Gasteiger partial charge in [-0.1, -0.05) is 46.8 Å². The number of thioether (sulfide) groups is 1. The van der Waals surface area contributed by atoms with Crippen LogP contribution in [0.3, 0.4) is 0 Å². The van der Waals surface area contributed by atoms with Crippen LogP contribution in [0.4, 0.5) is 10.8 Å². The van der Waals surface area contributed by atoms with Gasteiger partial charge in [0.05, 0.1) is 16.5 Å². The van der Waals surface area contributed by atoms with Crippen molar-refractivity contribution in [3.8, 4) is 0 Å². The third kappa shape index (κ3) is 5.99. The molecule has 0 fully saturated rings. The molecule has 12 heteroatoms. The lowest BCUT2D eigenvalue weighted by atomic mass is 10.2. The number of aryl methyl sites for hydroxylation is 2. The molecule has 2 amide bonds. The predicted molar refractivity (Wildman–Crippen MR) is 113 cm³/mol. The van der Waals surface area contributed by atoms with Crippen molar-refractivity contribution < 1.29 is 9.59 Å². The minimum absolute atomic E-state index is 0.164. The van der Waals surface area contributed by atoms with Crippen LogP contribution in [0.2, 0.25) is 5.02 Å². The fraction of sp³-hybridized carbons (Fsp3) is 0.294. The number of aromatic nitrogens is 5. The maximum absolute atomic E-state index is 12.2. The molecule has 0 spiro atoms. The van der Waals surface area contributed by atoms with E-state index in [0.29, 0.717) is 33.2 Å². The summed E-state index contributed by atoms with van der Waals surface area (Å²) in [5.41, 5.74) is 0.574. The van der Waals surface area contributed by atoms with Gasteiger partial charge in [-0.05, 0) is 19.1 Å². The SMILES string of the molecule is Cc1nnc(NC(=O)CSc2nnc(CCC(=O)Nc3ccccc3Cl)n2C)s1. The fourth-order valence-electron chi connectivity index (χ4n) is 2.32. The second-order valence-corrected chi connectivity index (χ2v) is 8.48. The number of hydrogen-bond acceptors (Lipinski definition) is 8. The van der Waals surface area contributed by atoms with Gasteiger partial charge in [0.15, 0.2) is 5.16 Å². The normalized spacial score (nSPS) is 10.7. The summed E-state index contributed by atoms with van der Waals surface area (Å²) in [6.07, 6.45) is 0.648. The first-order valence-electron chi connectivity index (χ1n) is 8.58. The first-order chi connectivity index (χ1) is 13.9. The lowest BCUT2D eigenvalue weighted by Gasteiger charge is -2.07. The summed E-state index contributed by atoms with van der Waals surface area (Å²) in [5, 5.41) is 23.7. The van der Waals surface area contributed by atoms with Crippen molar-refractivity contribution in [3.05, 3.63) is 40.1 Å². The fourth-order valence-corrected chi connectivity index (χ4v) is 3.84. The van der Waals surface area contributed by atoms with Gasteiger partial charge in [0.2, 0.25) is 16.9 Å². The highest BCUT2D eigenvalue weighted by molar-refractivity contribution is 7.99. The highest BCUT2D eigenvalue weighted by Gasteiger charge is 2.14. The van der Waals surface area contributed by atoms with Crippen LogP contribution in [0.1, 0.15) is 17.3 Å². The molecule has 0 aliphatic carbocycles. The summed E-state index contributed by atoms with van der Waals surface area (Å²) < 4.78 is 1.77. The van der Waals surface area contributed by atoms with E-state index in [0.717, 1.165) is 5.01 Å². The molecule has 2 N–H and O–H groups in total. The van der Waals surface area contributed by atoms with Crippen molar-refractivity contribution in [2.24, 2.45) is 7.05 Å². The maximum Gasteiger partial charge on any atom is 0.236 e. The average molecular weight is 452 g/mol. The molecule has 29 heavy (non-hydrogen) atoms. The number of anilines is 2. The molecule has 0 atom stereocenters. The number of nitrogens with one attached hydrogen (secondary N) is 2. The number of rotatable bonds is 8. The highest BCUT2D eigenvalue weighted by Crippen LogP contribution is 2.21. The van der Waals surface area contributed by atoms with Crippen molar-refractivity contribution in [1.82, 2.24) is 25.0 Å². The standard InChI is InChI=1S/C17H18ClN7O2S2/c1-10-21-23-16(29-10)20-15(27)9-28-17-24-22-13(25(17)2)7-8-14(26)19-12-6-4-3-5-11(12)18/h3-6H,7-9H2,1-2H3,(H,19,26)(H,20,23,27). The molecule has 2 heterocycles. The van der Waals surface area contributed by atoms with E-state index in [9.17, 15) is 9.59 Å². The largest absolute Gasteiger partial charge is 0.325 e. The van der Waals surface area contributed by atoms with E-state index >= 15 is 0 Å². The molecule has 9 nitrogen and oxygen atoms in total. The van der Waals surface area contributed by atoms with Gasteiger partial charge in [0.25, 0.3) is 0 Å². The zero-order valence-electron chi connectivity index (χ0n) is 15.7. The van der Waals surface area contributed by atoms with Gasteiger partial charge < -0.3 is 9.88 Å². The minimum Gasteiger partial charge on any atom is -0.325 e. The second kappa shape index (κ2) is 9.81. The second-order valence-electron chi connectivity index (χ2n) is 5.95. The van der Waals surface area contributed by atoms with Gasteiger partial charge in [-0.3, -0.25) is 14.9 Å². The molecule has 0 aliphatic rings. The van der Waals surface area contributed by atoms with Crippen LogP contribution >= 0.6 is 34.7 Å². The highest BCUT2D eigenvalue weighted by atomic mass is 35.5. The first-order valence-corrected chi connectivity index (χ1v) is 10.8. The zero-order valence-corrected chi connectivity index (χ0v) is 18.1. The predicted octanol–water partition coefficient (Wildman–Crippen LogP) is 2.93. The molecule has 1 aromatic carbocycles. The number of benzene rings is 1. The average Bonchev–Trinajstić information content (AvgIpc) is 3.25. The van der Waals surface area contributed by atoms with Gasteiger partial charge in [-0.2, -0.15) is 0 Å². The molecule has 0 saturated carbocycles. The van der Waals surface area contributed by atoms with Gasteiger partial charge in [-0.25, -0.2) is 0 Å². The van der Waals surface area contributed by atoms with Crippen LogP contribution in [0.5, 0.6) is 0 Å². The van der Waals surface area contributed by atoms with E-state index in [1.807, 2.05) is 6.92 Å². The number of carbonyl (C=O) groups excluding carboxylic acids is 2. The Hall–Kier alpha value is -2.50. The number of carbonyl (C=O) groups is 2. The minimum atomic E-state index is -0.199. The third-order valence-corrected chi connectivity index (χ3v) is 5.86. The molecule has 0 aliphatic heterocycles. The Morgan fingerprint density at radius 2 is 1.93 bits per heavy atom. The van der Waals surface area contributed by atoms with Crippen LogP contribution in [-0.2, 0) is 23.1 Å². The molecule has 0 bridgehead atoms. The van der Waals surface area contributed by atoms with Gasteiger partial charge in [-0.15, -0.1) is 20.4 Å². The first kappa shape index (κ1) is 21.2. The molecule has 3 rings (SSSR count). The Bertz CT molecular complexity index is 1020. The summed E-state index contributed by atoms with van der Waals surface area (Å²) in [4.78, 5) is 24.2. The smallest absolute Gasteiger partial charge is 0.236 e. The van der Waals surface area contributed by atoms with Crippen molar-refractivity contribution in [3.63, 3.8) is 0 Å². The Morgan fingerprint density at radius 3 is 2.66 bits per heavy atom. The Morgan fingerprint density at radius 1 is 1.14 bits per heavy atom. The molecule has 2 aromatic heterocycles. The number of para-hydroxylation sites is 1. The van der Waals surface area contributed by atoms with Crippen LogP contribution < -0.4 is 10.6 Å². The topological polar surface area (TPSA) is 115 Å². The summed E-state index contributed by atoms with van der Waals surface area (Å²) in [5.74, 6) is 0.455. The van der Waals surface area contributed by atoms with Gasteiger partial charge in [0, 0.05) is 19.9 Å². The summed E-state index contributed by atoms with van der Waals surface area (Å²) in [7, 11) is 1.80. The molecule has 152 valence electrons. The van der Waals surface area contributed by atoms with E-state index in [2.05, 4.69) is 31.0 Å². The maximum atomic E-state index is 12.2. The van der Waals surface area contributed by atoms with Crippen molar-refractivity contribution >= 4 is 57.3 Å². The quantitative estimate of drug-likeness (QED) is 0.506. The van der Waals surface area contributed by atoms with Crippen molar-refractivity contribution in [2.75, 3.05) is 16.4 Å². The summed E-state index contributed by atoms with van der Waals surface area (Å²) in [6, 6.07) is 7.05. The Balaban J connectivity index is 1.48. The summed E-state index contributed by atoms with van der Waals surface area (Å²) in [6.45, 7) is 1.82. The Kier molecular flexibility index (Phi) is 7.18. The summed E-state index contributed by atoms with van der Waals surface area (Å²) >= 11 is 8.61. The molecular weight excluding hydrogens is 434 g/mol. The molecule has 0 saturated heterocycles. The van der Waals surface area contributed by atoms with E-state index in [-0.39, 0.29) is 24.0 Å². The lowest BCUT2D eigenvalue weighted by molar-refractivity contribution is -0.116. The zero-order chi connectivity index (χ0) is 20.8. The van der Waals surface area contributed by atoms with E-state index < -0.39 is 0 Å². The van der Waals surface area contributed by atoms with Crippen LogP contribution in [0.25, 0.3) is 0 Å². The molecular formula is C17H18ClN7O2S2. The molecule has 3 aromatic rings. The van der Waals surface area contributed by atoms with E-state index in [4.69, 9.17) is 11.6 Å². The molecule has 0 radical (unpaired) electrons. The number of amides is 2.